The van der Waals surface area contributed by atoms with Gasteiger partial charge in [0.05, 0.1) is 0 Å². The van der Waals surface area contributed by atoms with E-state index in [4.69, 9.17) is 0 Å². The van der Waals surface area contributed by atoms with E-state index in [-0.39, 0.29) is 0 Å². The summed E-state index contributed by atoms with van der Waals surface area (Å²) in [5.74, 6) is 1.90. The number of rotatable bonds is 8. The van der Waals surface area contributed by atoms with E-state index in [1.54, 1.807) is 5.57 Å². The smallest absolute Gasteiger partial charge is 0.0222 e. The minimum Gasteiger partial charge on any atom is -0.0804 e. The first-order chi connectivity index (χ1) is 11.1. The average Bonchev–Trinajstić information content (AvgIpc) is 2.52. The van der Waals surface area contributed by atoms with Crippen LogP contribution in [-0.4, -0.2) is 0 Å². The summed E-state index contributed by atoms with van der Waals surface area (Å²) in [6.45, 7) is 9.10. The molecule has 0 N–H and O–H groups in total. The van der Waals surface area contributed by atoms with Crippen molar-refractivity contribution in [3.63, 3.8) is 0 Å². The number of allylic oxidation sites excluding steroid dienone is 2. The van der Waals surface area contributed by atoms with Gasteiger partial charge in [0.15, 0.2) is 0 Å². The molecule has 0 nitrogen and oxygen atoms in total. The van der Waals surface area contributed by atoms with Crippen molar-refractivity contribution in [3.05, 3.63) is 41.0 Å². The Labute approximate surface area is 144 Å². The minimum atomic E-state index is 0.929. The number of hydrogen-bond acceptors (Lipinski definition) is 0. The van der Waals surface area contributed by atoms with Gasteiger partial charge in [-0.15, -0.1) is 0 Å². The standard InChI is InChI=1S/C23H36/c1-5-7-9-20(8-6-2)17-21-10-12-22(13-11-21)23-15-18(3)14-19(4)16-23/h12,14-16,20-21H,5-11,13,17H2,1-4H3. The maximum Gasteiger partial charge on any atom is -0.0222 e. The third-order valence-electron chi connectivity index (χ3n) is 5.44. The van der Waals surface area contributed by atoms with Gasteiger partial charge in [0.1, 0.15) is 0 Å². The summed E-state index contributed by atoms with van der Waals surface area (Å²) >= 11 is 0. The molecule has 2 unspecified atom stereocenters. The van der Waals surface area contributed by atoms with Crippen LogP contribution in [0.5, 0.6) is 0 Å². The Morgan fingerprint density at radius 2 is 1.74 bits per heavy atom. The van der Waals surface area contributed by atoms with Crippen LogP contribution in [0.4, 0.5) is 0 Å². The summed E-state index contributed by atoms with van der Waals surface area (Å²) in [6, 6.07) is 7.00. The fourth-order valence-corrected chi connectivity index (χ4v) is 4.28. The quantitative estimate of drug-likeness (QED) is 0.466. The van der Waals surface area contributed by atoms with E-state index in [9.17, 15) is 0 Å². The molecule has 0 saturated heterocycles. The summed E-state index contributed by atoms with van der Waals surface area (Å²) in [5.41, 5.74) is 5.85. The van der Waals surface area contributed by atoms with Gasteiger partial charge in [0.2, 0.25) is 0 Å². The second-order valence-electron chi connectivity index (χ2n) is 7.78. The molecule has 0 spiro atoms. The molecule has 0 bridgehead atoms. The fraction of sp³-hybridized carbons (Fsp3) is 0.652. The molecule has 23 heavy (non-hydrogen) atoms. The van der Waals surface area contributed by atoms with Crippen molar-refractivity contribution in [2.75, 3.05) is 0 Å². The van der Waals surface area contributed by atoms with Crippen molar-refractivity contribution < 1.29 is 0 Å². The predicted octanol–water partition coefficient (Wildman–Crippen LogP) is 7.48. The van der Waals surface area contributed by atoms with Crippen LogP contribution in [0, 0.1) is 25.7 Å². The van der Waals surface area contributed by atoms with Crippen LogP contribution in [0.15, 0.2) is 24.3 Å². The lowest BCUT2D eigenvalue weighted by Gasteiger charge is -2.26. The molecule has 0 heterocycles. The van der Waals surface area contributed by atoms with Gasteiger partial charge in [0.25, 0.3) is 0 Å². The van der Waals surface area contributed by atoms with Gasteiger partial charge < -0.3 is 0 Å². The van der Waals surface area contributed by atoms with E-state index < -0.39 is 0 Å². The molecular weight excluding hydrogens is 276 g/mol. The maximum absolute atomic E-state index is 2.55. The highest BCUT2D eigenvalue weighted by Crippen LogP contribution is 2.35. The lowest BCUT2D eigenvalue weighted by atomic mass is 9.79. The Morgan fingerprint density at radius 3 is 2.30 bits per heavy atom. The molecule has 0 fully saturated rings. The zero-order valence-corrected chi connectivity index (χ0v) is 15.8. The lowest BCUT2D eigenvalue weighted by molar-refractivity contribution is 0.312. The molecular formula is C23H36. The van der Waals surface area contributed by atoms with Gasteiger partial charge in [-0.1, -0.05) is 81.4 Å². The molecule has 1 aliphatic rings. The van der Waals surface area contributed by atoms with Crippen molar-refractivity contribution in [2.45, 2.75) is 85.5 Å². The molecule has 0 aliphatic heterocycles. The molecule has 2 rings (SSSR count). The number of aryl methyl sites for hydroxylation is 2. The van der Waals surface area contributed by atoms with Crippen molar-refractivity contribution in [1.29, 1.82) is 0 Å². The zero-order valence-electron chi connectivity index (χ0n) is 15.8. The average molecular weight is 313 g/mol. The Morgan fingerprint density at radius 1 is 1.00 bits per heavy atom. The molecule has 128 valence electrons. The van der Waals surface area contributed by atoms with Gasteiger partial charge in [0, 0.05) is 0 Å². The summed E-state index contributed by atoms with van der Waals surface area (Å²) in [5, 5.41) is 0. The zero-order chi connectivity index (χ0) is 16.7. The second-order valence-corrected chi connectivity index (χ2v) is 7.78. The molecule has 2 atom stereocenters. The van der Waals surface area contributed by atoms with Crippen LogP contribution in [0.25, 0.3) is 5.57 Å². The van der Waals surface area contributed by atoms with Crippen LogP contribution >= 0.6 is 0 Å². The summed E-state index contributed by atoms with van der Waals surface area (Å²) in [4.78, 5) is 0. The van der Waals surface area contributed by atoms with Crippen molar-refractivity contribution in [2.24, 2.45) is 11.8 Å². The molecule has 0 heteroatoms. The van der Waals surface area contributed by atoms with Crippen LogP contribution < -0.4 is 0 Å². The molecule has 0 radical (unpaired) electrons. The Hall–Kier alpha value is -1.04. The normalized spacial score (nSPS) is 19.5. The van der Waals surface area contributed by atoms with Crippen LogP contribution in [0.3, 0.4) is 0 Å². The second kappa shape index (κ2) is 9.30. The van der Waals surface area contributed by atoms with Gasteiger partial charge in [-0.05, 0) is 62.5 Å². The Kier molecular flexibility index (Phi) is 7.40. The minimum absolute atomic E-state index is 0.929. The van der Waals surface area contributed by atoms with Gasteiger partial charge in [-0.2, -0.15) is 0 Å². The SMILES string of the molecule is CCCCC(CCC)CC1CC=C(c2cc(C)cc(C)c2)CC1. The molecule has 1 aromatic rings. The van der Waals surface area contributed by atoms with E-state index in [1.807, 2.05) is 0 Å². The van der Waals surface area contributed by atoms with E-state index in [0.717, 1.165) is 11.8 Å². The maximum atomic E-state index is 2.55. The third kappa shape index (κ3) is 5.83. The van der Waals surface area contributed by atoms with Crippen LogP contribution in [0.2, 0.25) is 0 Å². The summed E-state index contributed by atoms with van der Waals surface area (Å²) < 4.78 is 0. The van der Waals surface area contributed by atoms with Crippen LogP contribution in [0.1, 0.15) is 88.3 Å². The molecule has 1 aromatic carbocycles. The highest BCUT2D eigenvalue weighted by Gasteiger charge is 2.19. The monoisotopic (exact) mass is 312 g/mol. The van der Waals surface area contributed by atoms with Gasteiger partial charge in [-0.25, -0.2) is 0 Å². The molecule has 0 amide bonds. The summed E-state index contributed by atoms with van der Waals surface area (Å²) in [7, 11) is 0. The van der Waals surface area contributed by atoms with Crippen LogP contribution in [-0.2, 0) is 0 Å². The van der Waals surface area contributed by atoms with E-state index >= 15 is 0 Å². The van der Waals surface area contributed by atoms with E-state index in [0.29, 0.717) is 0 Å². The number of benzene rings is 1. The molecule has 0 saturated carbocycles. The van der Waals surface area contributed by atoms with Crippen molar-refractivity contribution in [1.82, 2.24) is 0 Å². The highest BCUT2D eigenvalue weighted by atomic mass is 14.2. The van der Waals surface area contributed by atoms with Gasteiger partial charge >= 0.3 is 0 Å². The fourth-order valence-electron chi connectivity index (χ4n) is 4.28. The molecule has 0 aromatic heterocycles. The first-order valence-electron chi connectivity index (χ1n) is 9.90. The highest BCUT2D eigenvalue weighted by molar-refractivity contribution is 5.67. The van der Waals surface area contributed by atoms with E-state index in [2.05, 4.69) is 52.0 Å². The lowest BCUT2D eigenvalue weighted by Crippen LogP contribution is -2.12. The Balaban J connectivity index is 1.94. The number of unbranched alkanes of at least 4 members (excludes halogenated alkanes) is 1. The first-order valence-corrected chi connectivity index (χ1v) is 9.90. The first kappa shape index (κ1) is 18.3. The summed E-state index contributed by atoms with van der Waals surface area (Å²) in [6.07, 6.45) is 15.0. The largest absolute Gasteiger partial charge is 0.0804 e. The van der Waals surface area contributed by atoms with Gasteiger partial charge in [-0.3, -0.25) is 0 Å². The third-order valence-corrected chi connectivity index (χ3v) is 5.44. The molecule has 1 aliphatic carbocycles. The topological polar surface area (TPSA) is 0 Å². The number of hydrogen-bond donors (Lipinski definition) is 0. The van der Waals surface area contributed by atoms with Crippen molar-refractivity contribution >= 4 is 5.57 Å². The van der Waals surface area contributed by atoms with Crippen molar-refractivity contribution in [3.8, 4) is 0 Å². The van der Waals surface area contributed by atoms with E-state index in [1.165, 1.54) is 74.5 Å². The predicted molar refractivity (Wildman–Crippen MR) is 104 cm³/mol. The Bertz CT molecular complexity index is 489.